The molecule has 1 aliphatic rings. The fraction of sp³-hybridized carbons (Fsp3) is 0.316. The monoisotopic (exact) mass is 420 g/mol. The maximum absolute atomic E-state index is 13.1. The fourth-order valence-corrected chi connectivity index (χ4v) is 3.38. The number of anilines is 2. The summed E-state index contributed by atoms with van der Waals surface area (Å²) in [4.78, 5) is 19.3. The quantitative estimate of drug-likeness (QED) is 0.481. The Hall–Kier alpha value is -3.34. The number of imidazole rings is 1. The summed E-state index contributed by atoms with van der Waals surface area (Å²) in [6.45, 7) is 0.371. The minimum Gasteiger partial charge on any atom is -0.383 e. The van der Waals surface area contributed by atoms with Crippen molar-refractivity contribution in [3.8, 4) is 11.1 Å². The topological polar surface area (TPSA) is 118 Å². The number of halogens is 3. The normalized spacial score (nSPS) is 18.3. The second-order valence-corrected chi connectivity index (χ2v) is 7.16. The van der Waals surface area contributed by atoms with Crippen LogP contribution in [0.25, 0.3) is 16.8 Å². The van der Waals surface area contributed by atoms with Gasteiger partial charge >= 0.3 is 6.18 Å². The minimum absolute atomic E-state index is 0.0375. The summed E-state index contributed by atoms with van der Waals surface area (Å²) in [7, 11) is 0. The predicted octanol–water partition coefficient (Wildman–Crippen LogP) is 2.25. The Morgan fingerprint density at radius 2 is 2.10 bits per heavy atom. The summed E-state index contributed by atoms with van der Waals surface area (Å²) >= 11 is 0. The van der Waals surface area contributed by atoms with Gasteiger partial charge in [-0.1, -0.05) is 0 Å². The van der Waals surface area contributed by atoms with Gasteiger partial charge in [-0.15, -0.1) is 0 Å². The molecule has 3 aromatic heterocycles. The number of piperidine rings is 1. The van der Waals surface area contributed by atoms with Gasteiger partial charge in [0.05, 0.1) is 11.8 Å². The van der Waals surface area contributed by atoms with E-state index in [-0.39, 0.29) is 17.4 Å². The van der Waals surface area contributed by atoms with Crippen LogP contribution in [0.1, 0.15) is 18.4 Å². The van der Waals surface area contributed by atoms with Gasteiger partial charge in [-0.05, 0) is 24.6 Å². The van der Waals surface area contributed by atoms with E-state index in [1.165, 1.54) is 6.20 Å². The highest BCUT2D eigenvalue weighted by Gasteiger charge is 2.34. The number of aliphatic hydroxyl groups excluding tert-OH is 1. The van der Waals surface area contributed by atoms with Crippen LogP contribution >= 0.6 is 0 Å². The Labute approximate surface area is 168 Å². The molecule has 4 heterocycles. The zero-order valence-corrected chi connectivity index (χ0v) is 15.6. The minimum atomic E-state index is -4.60. The van der Waals surface area contributed by atoms with Crippen LogP contribution in [0.4, 0.5) is 24.8 Å². The number of alkyl halides is 3. The summed E-state index contributed by atoms with van der Waals surface area (Å²) in [5.74, 6) is -0.355. The molecule has 0 aliphatic carbocycles. The highest BCUT2D eigenvalue weighted by molar-refractivity contribution is 5.76. The van der Waals surface area contributed by atoms with Crippen molar-refractivity contribution in [2.75, 3.05) is 17.6 Å². The molecular weight excluding hydrogens is 401 g/mol. The van der Waals surface area contributed by atoms with Gasteiger partial charge in [0.1, 0.15) is 23.5 Å². The van der Waals surface area contributed by atoms with E-state index >= 15 is 0 Å². The number of pyridine rings is 2. The van der Waals surface area contributed by atoms with Gasteiger partial charge in [-0.2, -0.15) is 13.2 Å². The lowest BCUT2D eigenvalue weighted by Gasteiger charge is -2.27. The number of nitrogens with one attached hydrogen (secondary N) is 2. The molecule has 5 N–H and O–H groups in total. The predicted molar refractivity (Wildman–Crippen MR) is 103 cm³/mol. The highest BCUT2D eigenvalue weighted by atomic mass is 19.4. The number of carbonyl (C=O) groups is 1. The molecule has 4 rings (SSSR count). The van der Waals surface area contributed by atoms with Gasteiger partial charge in [-0.25, -0.2) is 9.97 Å². The number of nitrogens with zero attached hydrogens (tertiary/aromatic N) is 3. The Kier molecular flexibility index (Phi) is 4.98. The number of aromatic nitrogens is 3. The first-order valence-corrected chi connectivity index (χ1v) is 9.24. The third-order valence-corrected chi connectivity index (χ3v) is 5.05. The van der Waals surface area contributed by atoms with E-state index < -0.39 is 23.8 Å². The highest BCUT2D eigenvalue weighted by Crippen LogP contribution is 2.35. The van der Waals surface area contributed by atoms with Gasteiger partial charge in [0.25, 0.3) is 0 Å². The van der Waals surface area contributed by atoms with Crippen molar-refractivity contribution in [1.29, 1.82) is 0 Å². The molecule has 0 aromatic carbocycles. The van der Waals surface area contributed by atoms with E-state index in [0.717, 1.165) is 6.07 Å². The second-order valence-electron chi connectivity index (χ2n) is 7.16. The lowest BCUT2D eigenvalue weighted by atomic mass is 9.97. The molecule has 158 valence electrons. The maximum atomic E-state index is 13.1. The lowest BCUT2D eigenvalue weighted by Crippen LogP contribution is -2.42. The number of carbonyl (C=O) groups excluding carboxylic acids is 1. The molecule has 1 amide bonds. The van der Waals surface area contributed by atoms with Crippen molar-refractivity contribution in [3.63, 3.8) is 0 Å². The van der Waals surface area contributed by atoms with Gasteiger partial charge in [0, 0.05) is 42.4 Å². The smallest absolute Gasteiger partial charge is 0.383 e. The maximum Gasteiger partial charge on any atom is 0.419 e. The van der Waals surface area contributed by atoms with Crippen LogP contribution in [0.15, 0.2) is 36.8 Å². The number of aliphatic hydroxyl groups is 1. The van der Waals surface area contributed by atoms with Gasteiger partial charge < -0.3 is 25.9 Å². The molecule has 8 nitrogen and oxygen atoms in total. The zero-order valence-electron chi connectivity index (χ0n) is 15.6. The van der Waals surface area contributed by atoms with Crippen LogP contribution in [-0.2, 0) is 11.0 Å². The van der Waals surface area contributed by atoms with Crippen molar-refractivity contribution in [2.24, 2.45) is 5.92 Å². The SMILES string of the molecule is Nc1ncc(-c2ccc3nc(NC(O)C4CCC(=O)NC4)cn3c2)cc1C(F)(F)F. The van der Waals surface area contributed by atoms with Crippen LogP contribution in [-0.4, -0.2) is 38.2 Å². The lowest BCUT2D eigenvalue weighted by molar-refractivity contribution is -0.137. The number of nitrogen functional groups attached to an aromatic ring is 1. The molecule has 0 saturated carbocycles. The fourth-order valence-electron chi connectivity index (χ4n) is 3.38. The van der Waals surface area contributed by atoms with Gasteiger partial charge in [0.15, 0.2) is 0 Å². The van der Waals surface area contributed by atoms with Crippen LogP contribution in [0.5, 0.6) is 0 Å². The summed E-state index contributed by atoms with van der Waals surface area (Å²) in [6, 6.07) is 4.24. The average Bonchev–Trinajstić information content (AvgIpc) is 3.09. The van der Waals surface area contributed by atoms with E-state index in [2.05, 4.69) is 20.6 Å². The van der Waals surface area contributed by atoms with E-state index in [9.17, 15) is 23.1 Å². The third kappa shape index (κ3) is 4.01. The van der Waals surface area contributed by atoms with Crippen LogP contribution in [0.2, 0.25) is 0 Å². The van der Waals surface area contributed by atoms with Gasteiger partial charge in [-0.3, -0.25) is 4.79 Å². The first-order chi connectivity index (χ1) is 14.2. The molecule has 1 saturated heterocycles. The van der Waals surface area contributed by atoms with Crippen LogP contribution < -0.4 is 16.4 Å². The molecule has 11 heteroatoms. The van der Waals surface area contributed by atoms with E-state index in [4.69, 9.17) is 5.73 Å². The van der Waals surface area contributed by atoms with E-state index in [1.54, 1.807) is 28.9 Å². The number of fused-ring (bicyclic) bond motifs is 1. The summed E-state index contributed by atoms with van der Waals surface area (Å²) in [6.07, 6.45) is -0.0597. The summed E-state index contributed by atoms with van der Waals surface area (Å²) in [5.41, 5.74) is 5.68. The Balaban J connectivity index is 1.56. The molecular formula is C19H19F3N6O2. The molecule has 2 atom stereocenters. The largest absolute Gasteiger partial charge is 0.419 e. The number of hydrogen-bond acceptors (Lipinski definition) is 6. The first-order valence-electron chi connectivity index (χ1n) is 9.24. The van der Waals surface area contributed by atoms with Gasteiger partial charge in [0.2, 0.25) is 5.91 Å². The average molecular weight is 420 g/mol. The van der Waals surface area contributed by atoms with E-state index in [0.29, 0.717) is 36.4 Å². The van der Waals surface area contributed by atoms with Crippen LogP contribution in [0, 0.1) is 5.92 Å². The molecule has 2 unspecified atom stereocenters. The molecule has 3 aromatic rings. The van der Waals surface area contributed by atoms with Crippen molar-refractivity contribution in [1.82, 2.24) is 19.7 Å². The number of nitrogens with two attached hydrogens (primary N) is 1. The molecule has 1 aliphatic heterocycles. The molecule has 1 fully saturated rings. The third-order valence-electron chi connectivity index (χ3n) is 5.05. The molecule has 0 bridgehead atoms. The molecule has 0 spiro atoms. The Morgan fingerprint density at radius 3 is 2.80 bits per heavy atom. The van der Waals surface area contributed by atoms with Crippen molar-refractivity contribution in [3.05, 3.63) is 42.4 Å². The summed E-state index contributed by atoms with van der Waals surface area (Å²) < 4.78 is 41.0. The van der Waals surface area contributed by atoms with Crippen LogP contribution in [0.3, 0.4) is 0 Å². The number of hydrogen-bond donors (Lipinski definition) is 4. The standard InChI is InChI=1S/C19H19F3N6O2/c20-19(21,22)13-5-12(7-25-17(13)23)11-1-3-15-26-14(9-28(15)8-11)27-18(30)10-2-4-16(29)24-6-10/h1,3,5,7-10,18,27,30H,2,4,6H2,(H2,23,25)(H,24,29). The zero-order chi connectivity index (χ0) is 21.5. The van der Waals surface area contributed by atoms with Crippen molar-refractivity contribution < 1.29 is 23.1 Å². The molecule has 30 heavy (non-hydrogen) atoms. The second kappa shape index (κ2) is 7.48. The summed E-state index contributed by atoms with van der Waals surface area (Å²) in [5, 5.41) is 16.0. The number of rotatable bonds is 4. The number of amides is 1. The first kappa shape index (κ1) is 20.0. The van der Waals surface area contributed by atoms with Crippen molar-refractivity contribution >= 4 is 23.2 Å². The Bertz CT molecular complexity index is 1090. The van der Waals surface area contributed by atoms with E-state index in [1.807, 2.05) is 0 Å². The Morgan fingerprint density at radius 1 is 1.30 bits per heavy atom. The van der Waals surface area contributed by atoms with Crippen molar-refractivity contribution in [2.45, 2.75) is 25.2 Å². The molecule has 0 radical (unpaired) electrons.